The molecule has 0 aliphatic rings. The number of benzene rings is 1. The molecule has 1 aromatic rings. The summed E-state index contributed by atoms with van der Waals surface area (Å²) >= 11 is 0. The second-order valence-corrected chi connectivity index (χ2v) is 3.51. The molecule has 3 nitrogen and oxygen atoms in total. The summed E-state index contributed by atoms with van der Waals surface area (Å²) in [5.74, 6) is -1.79. The van der Waals surface area contributed by atoms with Gasteiger partial charge < -0.3 is 9.84 Å². The number of hydrogen-bond donors (Lipinski definition) is 1. The fourth-order valence-electron chi connectivity index (χ4n) is 1.46. The Morgan fingerprint density at radius 1 is 1.53 bits per heavy atom. The SMILES string of the molecule is C=C[C@@H](C(=O)OCC)[C@H](O)c1ccc(F)cc1. The number of hydrogen-bond acceptors (Lipinski definition) is 3. The third-order valence-electron chi connectivity index (χ3n) is 2.36. The highest BCUT2D eigenvalue weighted by atomic mass is 19.1. The molecule has 0 aromatic heterocycles. The second kappa shape index (κ2) is 6.15. The number of esters is 1. The van der Waals surface area contributed by atoms with Crippen molar-refractivity contribution in [3.05, 3.63) is 48.3 Å². The van der Waals surface area contributed by atoms with Crippen LogP contribution in [0.25, 0.3) is 0 Å². The first-order valence-corrected chi connectivity index (χ1v) is 5.32. The summed E-state index contributed by atoms with van der Waals surface area (Å²) in [6.07, 6.45) is 0.249. The Morgan fingerprint density at radius 3 is 2.59 bits per heavy atom. The summed E-state index contributed by atoms with van der Waals surface area (Å²) in [5.41, 5.74) is 0.448. The largest absolute Gasteiger partial charge is 0.465 e. The van der Waals surface area contributed by atoms with Crippen molar-refractivity contribution in [2.45, 2.75) is 13.0 Å². The number of aliphatic hydroxyl groups is 1. The van der Waals surface area contributed by atoms with Gasteiger partial charge in [0.25, 0.3) is 0 Å². The number of ether oxygens (including phenoxy) is 1. The van der Waals surface area contributed by atoms with Crippen LogP contribution in [0.15, 0.2) is 36.9 Å². The van der Waals surface area contributed by atoms with E-state index in [1.807, 2.05) is 0 Å². The molecule has 0 heterocycles. The summed E-state index contributed by atoms with van der Waals surface area (Å²) in [5, 5.41) is 9.97. The molecular formula is C13H15FO3. The predicted octanol–water partition coefficient (Wildman–Crippen LogP) is 2.22. The minimum atomic E-state index is -1.08. The van der Waals surface area contributed by atoms with E-state index in [-0.39, 0.29) is 6.61 Å². The highest BCUT2D eigenvalue weighted by Gasteiger charge is 2.26. The molecule has 0 fully saturated rings. The summed E-state index contributed by atoms with van der Waals surface area (Å²) in [7, 11) is 0. The van der Waals surface area contributed by atoms with Gasteiger partial charge >= 0.3 is 5.97 Å². The maximum absolute atomic E-state index is 12.7. The maximum Gasteiger partial charge on any atom is 0.315 e. The van der Waals surface area contributed by atoms with Crippen molar-refractivity contribution in [1.82, 2.24) is 0 Å². The van der Waals surface area contributed by atoms with Gasteiger partial charge in [0.1, 0.15) is 11.7 Å². The van der Waals surface area contributed by atoms with E-state index in [0.717, 1.165) is 0 Å². The third kappa shape index (κ3) is 3.39. The Hall–Kier alpha value is -1.68. The van der Waals surface area contributed by atoms with Crippen LogP contribution in [0.1, 0.15) is 18.6 Å². The zero-order valence-corrected chi connectivity index (χ0v) is 9.60. The minimum Gasteiger partial charge on any atom is -0.465 e. The Labute approximate surface area is 99.5 Å². The molecule has 0 radical (unpaired) electrons. The highest BCUT2D eigenvalue weighted by molar-refractivity contribution is 5.75. The molecule has 0 unspecified atom stereocenters. The van der Waals surface area contributed by atoms with Gasteiger partial charge in [0, 0.05) is 0 Å². The van der Waals surface area contributed by atoms with Crippen molar-refractivity contribution >= 4 is 5.97 Å². The van der Waals surface area contributed by atoms with Crippen molar-refractivity contribution in [1.29, 1.82) is 0 Å². The lowest BCUT2D eigenvalue weighted by Gasteiger charge is -2.18. The van der Waals surface area contributed by atoms with Crippen molar-refractivity contribution in [2.75, 3.05) is 6.61 Å². The Balaban J connectivity index is 2.85. The standard InChI is InChI=1S/C13H15FO3/c1-3-11(13(16)17-4-2)12(15)9-5-7-10(14)8-6-9/h3,5-8,11-12,15H,1,4H2,2H3/t11-,12-/m1/s1. The number of carbonyl (C=O) groups is 1. The molecule has 0 saturated heterocycles. The summed E-state index contributed by atoms with van der Waals surface area (Å²) in [4.78, 5) is 11.5. The van der Waals surface area contributed by atoms with E-state index < -0.39 is 23.8 Å². The Bertz CT molecular complexity index is 386. The zero-order valence-electron chi connectivity index (χ0n) is 9.60. The van der Waals surface area contributed by atoms with Gasteiger partial charge in [0.15, 0.2) is 0 Å². The topological polar surface area (TPSA) is 46.5 Å². The van der Waals surface area contributed by atoms with Crippen molar-refractivity contribution in [3.63, 3.8) is 0 Å². The lowest BCUT2D eigenvalue weighted by Crippen LogP contribution is -2.22. The molecule has 0 bridgehead atoms. The van der Waals surface area contributed by atoms with Crippen LogP contribution in [0, 0.1) is 11.7 Å². The van der Waals surface area contributed by atoms with Crippen molar-refractivity contribution in [2.24, 2.45) is 5.92 Å². The van der Waals surface area contributed by atoms with E-state index in [1.54, 1.807) is 6.92 Å². The maximum atomic E-state index is 12.7. The number of carbonyl (C=O) groups excluding carboxylic acids is 1. The van der Waals surface area contributed by atoms with Crippen LogP contribution >= 0.6 is 0 Å². The average molecular weight is 238 g/mol. The first kappa shape index (κ1) is 13.4. The number of halogens is 1. The quantitative estimate of drug-likeness (QED) is 0.632. The molecule has 0 aliphatic carbocycles. The lowest BCUT2D eigenvalue weighted by molar-refractivity contribution is -0.149. The van der Waals surface area contributed by atoms with Crippen LogP contribution in [0.3, 0.4) is 0 Å². The van der Waals surface area contributed by atoms with Gasteiger partial charge in [0.2, 0.25) is 0 Å². The molecule has 92 valence electrons. The molecular weight excluding hydrogens is 223 g/mol. The summed E-state index contributed by atoms with van der Waals surface area (Å²) in [6.45, 7) is 5.41. The molecule has 0 amide bonds. The van der Waals surface area contributed by atoms with E-state index in [4.69, 9.17) is 4.74 Å². The van der Waals surface area contributed by atoms with E-state index in [9.17, 15) is 14.3 Å². The van der Waals surface area contributed by atoms with Gasteiger partial charge in [0.05, 0.1) is 12.7 Å². The first-order valence-electron chi connectivity index (χ1n) is 5.32. The van der Waals surface area contributed by atoms with Crippen molar-refractivity contribution < 1.29 is 19.0 Å². The predicted molar refractivity (Wildman–Crippen MR) is 61.7 cm³/mol. The first-order chi connectivity index (χ1) is 8.10. The van der Waals surface area contributed by atoms with Crippen LogP contribution in [0.2, 0.25) is 0 Å². The Morgan fingerprint density at radius 2 is 2.12 bits per heavy atom. The van der Waals surface area contributed by atoms with Gasteiger partial charge in [-0.3, -0.25) is 4.79 Å². The molecule has 17 heavy (non-hydrogen) atoms. The Kier molecular flexibility index (Phi) is 4.84. The highest BCUT2D eigenvalue weighted by Crippen LogP contribution is 2.24. The van der Waals surface area contributed by atoms with Gasteiger partial charge in [-0.2, -0.15) is 0 Å². The molecule has 0 spiro atoms. The molecule has 1 aromatic carbocycles. The van der Waals surface area contributed by atoms with Crippen LogP contribution in [-0.4, -0.2) is 17.7 Å². The van der Waals surface area contributed by atoms with E-state index in [2.05, 4.69) is 6.58 Å². The van der Waals surface area contributed by atoms with Crippen LogP contribution in [0.4, 0.5) is 4.39 Å². The lowest BCUT2D eigenvalue weighted by atomic mass is 9.96. The molecule has 1 rings (SSSR count). The normalized spacial score (nSPS) is 13.8. The summed E-state index contributed by atoms with van der Waals surface area (Å²) in [6, 6.07) is 5.30. The van der Waals surface area contributed by atoms with E-state index in [1.165, 1.54) is 30.3 Å². The summed E-state index contributed by atoms with van der Waals surface area (Å²) < 4.78 is 17.5. The number of aliphatic hydroxyl groups excluding tert-OH is 1. The van der Waals surface area contributed by atoms with Gasteiger partial charge in [-0.25, -0.2) is 4.39 Å². The monoisotopic (exact) mass is 238 g/mol. The smallest absolute Gasteiger partial charge is 0.315 e. The molecule has 4 heteroatoms. The average Bonchev–Trinajstić information content (AvgIpc) is 2.31. The van der Waals surface area contributed by atoms with Crippen LogP contribution < -0.4 is 0 Å². The van der Waals surface area contributed by atoms with Gasteiger partial charge in [-0.1, -0.05) is 18.2 Å². The van der Waals surface area contributed by atoms with Crippen molar-refractivity contribution in [3.8, 4) is 0 Å². The van der Waals surface area contributed by atoms with E-state index >= 15 is 0 Å². The third-order valence-corrected chi connectivity index (χ3v) is 2.36. The number of rotatable bonds is 5. The fourth-order valence-corrected chi connectivity index (χ4v) is 1.46. The molecule has 2 atom stereocenters. The fraction of sp³-hybridized carbons (Fsp3) is 0.308. The minimum absolute atomic E-state index is 0.235. The molecule has 0 saturated carbocycles. The zero-order chi connectivity index (χ0) is 12.8. The molecule has 0 aliphatic heterocycles. The van der Waals surface area contributed by atoms with E-state index in [0.29, 0.717) is 5.56 Å². The molecule has 1 N–H and O–H groups in total. The van der Waals surface area contributed by atoms with Gasteiger partial charge in [-0.05, 0) is 24.6 Å². The van der Waals surface area contributed by atoms with Crippen LogP contribution in [0.5, 0.6) is 0 Å². The van der Waals surface area contributed by atoms with Crippen LogP contribution in [-0.2, 0) is 9.53 Å². The second-order valence-electron chi connectivity index (χ2n) is 3.51. The van der Waals surface area contributed by atoms with Gasteiger partial charge in [-0.15, -0.1) is 6.58 Å².